The minimum atomic E-state index is -3.43. The molecule has 34 heavy (non-hydrogen) atoms. The van der Waals surface area contributed by atoms with Gasteiger partial charge in [-0.2, -0.15) is 0 Å². The van der Waals surface area contributed by atoms with E-state index in [2.05, 4.69) is 4.98 Å². The molecule has 180 valence electrons. The monoisotopic (exact) mass is 484 g/mol. The molecule has 0 bridgehead atoms. The fraction of sp³-hybridized carbons (Fsp3) is 0.292. The van der Waals surface area contributed by atoms with Crippen molar-refractivity contribution in [2.24, 2.45) is 5.92 Å². The van der Waals surface area contributed by atoms with Crippen molar-refractivity contribution in [3.8, 4) is 0 Å². The van der Waals surface area contributed by atoms with Crippen molar-refractivity contribution < 1.29 is 13.2 Å². The van der Waals surface area contributed by atoms with Crippen LogP contribution in [0, 0.1) is 5.92 Å². The van der Waals surface area contributed by atoms with Crippen LogP contribution in [0.5, 0.6) is 0 Å². The van der Waals surface area contributed by atoms with E-state index in [0.29, 0.717) is 6.42 Å². The van der Waals surface area contributed by atoms with Gasteiger partial charge in [0, 0.05) is 18.4 Å². The summed E-state index contributed by atoms with van der Waals surface area (Å²) in [6, 6.07) is 14.6. The summed E-state index contributed by atoms with van der Waals surface area (Å²) < 4.78 is 24.7. The summed E-state index contributed by atoms with van der Waals surface area (Å²) in [4.78, 5) is 42.5. The molecule has 1 aromatic heterocycles. The topological polar surface area (TPSA) is 135 Å². The minimum Gasteiger partial charge on any atom is -0.383 e. The van der Waals surface area contributed by atoms with E-state index in [-0.39, 0.29) is 41.0 Å². The lowest BCUT2D eigenvalue weighted by Crippen LogP contribution is -2.42. The molecule has 0 aliphatic heterocycles. The van der Waals surface area contributed by atoms with Crippen LogP contribution in [0.4, 0.5) is 11.5 Å². The Morgan fingerprint density at radius 2 is 1.68 bits per heavy atom. The number of aromatic amines is 1. The van der Waals surface area contributed by atoms with Crippen molar-refractivity contribution in [3.63, 3.8) is 0 Å². The number of sulfone groups is 1. The normalized spacial score (nSPS) is 11.5. The Balaban J connectivity index is 2.09. The van der Waals surface area contributed by atoms with Crippen molar-refractivity contribution in [2.45, 2.75) is 31.7 Å². The van der Waals surface area contributed by atoms with Crippen LogP contribution in [0.2, 0.25) is 0 Å². The third-order valence-electron chi connectivity index (χ3n) is 5.37. The van der Waals surface area contributed by atoms with Crippen molar-refractivity contribution in [3.05, 3.63) is 86.6 Å². The van der Waals surface area contributed by atoms with Crippen LogP contribution in [0.1, 0.15) is 36.2 Å². The molecule has 3 N–H and O–H groups in total. The maximum atomic E-state index is 13.5. The van der Waals surface area contributed by atoms with Gasteiger partial charge in [-0.3, -0.25) is 19.1 Å². The predicted molar refractivity (Wildman–Crippen MR) is 132 cm³/mol. The van der Waals surface area contributed by atoms with E-state index < -0.39 is 27.0 Å². The van der Waals surface area contributed by atoms with E-state index in [9.17, 15) is 22.8 Å². The summed E-state index contributed by atoms with van der Waals surface area (Å²) >= 11 is 0. The Morgan fingerprint density at radius 3 is 2.24 bits per heavy atom. The third kappa shape index (κ3) is 5.63. The van der Waals surface area contributed by atoms with Gasteiger partial charge in [-0.1, -0.05) is 44.2 Å². The first-order chi connectivity index (χ1) is 16.0. The van der Waals surface area contributed by atoms with Gasteiger partial charge in [-0.05, 0) is 42.2 Å². The van der Waals surface area contributed by atoms with Crippen molar-refractivity contribution in [1.29, 1.82) is 0 Å². The highest BCUT2D eigenvalue weighted by molar-refractivity contribution is 7.90. The van der Waals surface area contributed by atoms with Gasteiger partial charge in [0.2, 0.25) is 0 Å². The van der Waals surface area contributed by atoms with Crippen LogP contribution in [-0.4, -0.2) is 36.7 Å². The number of hydrogen-bond acceptors (Lipinski definition) is 6. The SMILES string of the molecule is CC(C)CCN(C(=O)c1ccc(S(C)(=O)=O)cc1)c1c(N)n(Cc2ccccc2)c(=O)[nH]c1=O. The molecule has 0 aliphatic rings. The van der Waals surface area contributed by atoms with Crippen molar-refractivity contribution in [2.75, 3.05) is 23.4 Å². The molecule has 1 amide bonds. The number of carbonyl (C=O) groups excluding carboxylic acids is 1. The largest absolute Gasteiger partial charge is 0.383 e. The first-order valence-electron chi connectivity index (χ1n) is 10.8. The highest BCUT2D eigenvalue weighted by Gasteiger charge is 2.26. The van der Waals surface area contributed by atoms with Crippen molar-refractivity contribution >= 4 is 27.2 Å². The van der Waals surface area contributed by atoms with Gasteiger partial charge in [-0.25, -0.2) is 13.2 Å². The van der Waals surface area contributed by atoms with Gasteiger partial charge in [0.05, 0.1) is 11.4 Å². The molecule has 0 fully saturated rings. The highest BCUT2D eigenvalue weighted by atomic mass is 32.2. The Labute approximate surface area is 197 Å². The zero-order valence-corrected chi connectivity index (χ0v) is 20.1. The van der Waals surface area contributed by atoms with Crippen LogP contribution >= 0.6 is 0 Å². The van der Waals surface area contributed by atoms with Crippen LogP contribution in [0.15, 0.2) is 69.1 Å². The van der Waals surface area contributed by atoms with Gasteiger partial charge >= 0.3 is 5.69 Å². The second kappa shape index (κ2) is 10.1. The summed E-state index contributed by atoms with van der Waals surface area (Å²) in [5.74, 6) is -0.427. The summed E-state index contributed by atoms with van der Waals surface area (Å²) in [7, 11) is -3.43. The quantitative estimate of drug-likeness (QED) is 0.503. The predicted octanol–water partition coefficient (Wildman–Crippen LogP) is 2.26. The number of nitrogens with zero attached hydrogens (tertiary/aromatic N) is 2. The molecule has 0 spiro atoms. The lowest BCUT2D eigenvalue weighted by atomic mass is 10.1. The number of H-pyrrole nitrogens is 1. The number of nitrogen functional groups attached to an aromatic ring is 1. The molecule has 0 saturated heterocycles. The minimum absolute atomic E-state index is 0.0755. The van der Waals surface area contributed by atoms with Gasteiger partial charge < -0.3 is 10.6 Å². The van der Waals surface area contributed by atoms with Crippen LogP contribution in [0.25, 0.3) is 0 Å². The van der Waals surface area contributed by atoms with E-state index in [4.69, 9.17) is 5.73 Å². The van der Waals surface area contributed by atoms with E-state index in [1.54, 1.807) is 0 Å². The maximum absolute atomic E-state index is 13.5. The fourth-order valence-corrected chi connectivity index (χ4v) is 4.09. The van der Waals surface area contributed by atoms with Crippen molar-refractivity contribution in [1.82, 2.24) is 9.55 Å². The fourth-order valence-electron chi connectivity index (χ4n) is 3.46. The lowest BCUT2D eigenvalue weighted by Gasteiger charge is -2.25. The smallest absolute Gasteiger partial charge is 0.330 e. The molecule has 0 radical (unpaired) electrons. The number of benzene rings is 2. The van der Waals surface area contributed by atoms with E-state index in [0.717, 1.165) is 11.8 Å². The Bertz CT molecular complexity index is 1390. The Kier molecular flexibility index (Phi) is 7.41. The summed E-state index contributed by atoms with van der Waals surface area (Å²) in [6.45, 7) is 4.26. The molecule has 0 atom stereocenters. The maximum Gasteiger partial charge on any atom is 0.330 e. The number of hydrogen-bond donors (Lipinski definition) is 2. The van der Waals surface area contributed by atoms with Gasteiger partial charge in [0.25, 0.3) is 11.5 Å². The molecule has 3 rings (SSSR count). The molecule has 2 aromatic carbocycles. The van der Waals surface area contributed by atoms with E-state index in [1.807, 2.05) is 44.2 Å². The Morgan fingerprint density at radius 1 is 1.06 bits per heavy atom. The van der Waals surface area contributed by atoms with Crippen LogP contribution < -0.4 is 21.9 Å². The molecule has 0 saturated carbocycles. The highest BCUT2D eigenvalue weighted by Crippen LogP contribution is 2.22. The zero-order chi connectivity index (χ0) is 25.0. The van der Waals surface area contributed by atoms with Gasteiger partial charge in [0.15, 0.2) is 15.5 Å². The second-order valence-electron chi connectivity index (χ2n) is 8.50. The van der Waals surface area contributed by atoms with E-state index in [1.165, 1.54) is 33.7 Å². The van der Waals surface area contributed by atoms with E-state index >= 15 is 0 Å². The number of aromatic nitrogens is 2. The number of carbonyl (C=O) groups is 1. The summed E-state index contributed by atoms with van der Waals surface area (Å²) in [5, 5.41) is 0. The standard InChI is InChI=1S/C24H28N4O5S/c1-16(2)13-14-27(23(30)18-9-11-19(12-10-18)34(3,32)33)20-21(25)28(24(31)26-22(20)29)15-17-7-5-4-6-8-17/h4-12,16H,13-15,25H2,1-3H3,(H,26,29,31). The number of rotatable bonds is 8. The molecular weight excluding hydrogens is 456 g/mol. The Hall–Kier alpha value is -3.66. The molecule has 0 aliphatic carbocycles. The first-order valence-corrected chi connectivity index (χ1v) is 12.7. The molecule has 1 heterocycles. The number of nitrogens with two attached hydrogens (primary N) is 1. The number of amides is 1. The van der Waals surface area contributed by atoms with Gasteiger partial charge in [0.1, 0.15) is 5.82 Å². The summed E-state index contributed by atoms with van der Waals surface area (Å²) in [6.07, 6.45) is 1.65. The average Bonchev–Trinajstić information content (AvgIpc) is 2.78. The lowest BCUT2D eigenvalue weighted by molar-refractivity contribution is 0.0985. The second-order valence-corrected chi connectivity index (χ2v) is 10.5. The molecular formula is C24H28N4O5S. The molecule has 3 aromatic rings. The molecule has 9 nitrogen and oxygen atoms in total. The number of nitrogens with one attached hydrogen (secondary N) is 1. The molecule has 0 unspecified atom stereocenters. The first kappa shape index (κ1) is 25.0. The third-order valence-corrected chi connectivity index (χ3v) is 6.50. The summed E-state index contributed by atoms with van der Waals surface area (Å²) in [5.41, 5.74) is 5.73. The van der Waals surface area contributed by atoms with Crippen LogP contribution in [0.3, 0.4) is 0 Å². The van der Waals surface area contributed by atoms with Gasteiger partial charge in [-0.15, -0.1) is 0 Å². The van der Waals surface area contributed by atoms with Crippen LogP contribution in [-0.2, 0) is 16.4 Å². The zero-order valence-electron chi connectivity index (χ0n) is 19.3. The average molecular weight is 485 g/mol. The number of anilines is 2. The molecule has 10 heteroatoms.